The van der Waals surface area contributed by atoms with Crippen LogP contribution in [-0.2, 0) is 9.59 Å². The molecule has 0 saturated heterocycles. The van der Waals surface area contributed by atoms with E-state index >= 15 is 0 Å². The van der Waals surface area contributed by atoms with Crippen molar-refractivity contribution in [3.63, 3.8) is 0 Å². The van der Waals surface area contributed by atoms with Crippen LogP contribution in [0, 0.1) is 0 Å². The third-order valence-corrected chi connectivity index (χ3v) is 4.00. The van der Waals surface area contributed by atoms with Gasteiger partial charge in [-0.2, -0.15) is 0 Å². The monoisotopic (exact) mass is 330 g/mol. The third kappa shape index (κ3) is 4.90. The van der Waals surface area contributed by atoms with Gasteiger partial charge in [0.25, 0.3) is 0 Å². The van der Waals surface area contributed by atoms with Gasteiger partial charge in [-0.05, 0) is 32.0 Å². The Morgan fingerprint density at radius 3 is 2.19 bits per heavy atom. The van der Waals surface area contributed by atoms with E-state index in [4.69, 9.17) is 23.2 Å². The number of amides is 2. The van der Waals surface area contributed by atoms with Crippen LogP contribution in [0.15, 0.2) is 18.2 Å². The van der Waals surface area contributed by atoms with Crippen molar-refractivity contribution in [2.45, 2.75) is 27.2 Å². The van der Waals surface area contributed by atoms with E-state index in [-0.39, 0.29) is 18.2 Å². The van der Waals surface area contributed by atoms with Gasteiger partial charge in [0.2, 0.25) is 11.8 Å². The minimum absolute atomic E-state index is 0.0336. The molecule has 1 rings (SSSR count). The van der Waals surface area contributed by atoms with Gasteiger partial charge >= 0.3 is 0 Å². The highest BCUT2D eigenvalue weighted by molar-refractivity contribution is 6.42. The van der Waals surface area contributed by atoms with Crippen molar-refractivity contribution in [2.75, 3.05) is 24.5 Å². The zero-order chi connectivity index (χ0) is 16.0. The molecule has 0 aliphatic heterocycles. The molecule has 6 heteroatoms. The Morgan fingerprint density at radius 1 is 1.10 bits per heavy atom. The fourth-order valence-corrected chi connectivity index (χ4v) is 2.36. The van der Waals surface area contributed by atoms with E-state index in [1.807, 2.05) is 13.8 Å². The molecule has 0 radical (unpaired) electrons. The predicted octanol–water partition coefficient (Wildman–Crippen LogP) is 3.60. The van der Waals surface area contributed by atoms with Crippen molar-refractivity contribution in [3.05, 3.63) is 28.2 Å². The fraction of sp³-hybridized carbons (Fsp3) is 0.467. The van der Waals surface area contributed by atoms with Crippen molar-refractivity contribution in [3.8, 4) is 0 Å². The summed E-state index contributed by atoms with van der Waals surface area (Å²) in [6.45, 7) is 6.99. The SMILES string of the molecule is CCN(CC)C(=O)CCN(C(C)=O)c1ccc(Cl)c(Cl)c1. The lowest BCUT2D eigenvalue weighted by molar-refractivity contribution is -0.130. The highest BCUT2D eigenvalue weighted by atomic mass is 35.5. The second-order valence-electron chi connectivity index (χ2n) is 4.59. The van der Waals surface area contributed by atoms with Crippen molar-refractivity contribution >= 4 is 40.7 Å². The highest BCUT2D eigenvalue weighted by Gasteiger charge is 2.16. The van der Waals surface area contributed by atoms with Crippen molar-refractivity contribution in [1.82, 2.24) is 4.90 Å². The molecule has 0 N–H and O–H groups in total. The summed E-state index contributed by atoms with van der Waals surface area (Å²) in [6, 6.07) is 4.99. The zero-order valence-electron chi connectivity index (χ0n) is 12.5. The van der Waals surface area contributed by atoms with E-state index in [1.165, 1.54) is 11.8 Å². The Bertz CT molecular complexity index is 516. The maximum absolute atomic E-state index is 12.0. The minimum Gasteiger partial charge on any atom is -0.343 e. The Hall–Kier alpha value is -1.26. The van der Waals surface area contributed by atoms with Gasteiger partial charge in [0.1, 0.15) is 0 Å². The van der Waals surface area contributed by atoms with Crippen LogP contribution in [-0.4, -0.2) is 36.3 Å². The van der Waals surface area contributed by atoms with E-state index in [0.717, 1.165) is 0 Å². The molecule has 0 atom stereocenters. The summed E-state index contributed by atoms with van der Waals surface area (Å²) >= 11 is 11.9. The molecular weight excluding hydrogens is 311 g/mol. The molecule has 0 unspecified atom stereocenters. The van der Waals surface area contributed by atoms with E-state index in [9.17, 15) is 9.59 Å². The van der Waals surface area contributed by atoms with Gasteiger partial charge in [-0.1, -0.05) is 23.2 Å². The fourth-order valence-electron chi connectivity index (χ4n) is 2.06. The summed E-state index contributed by atoms with van der Waals surface area (Å²) in [7, 11) is 0. The van der Waals surface area contributed by atoms with E-state index in [1.54, 1.807) is 23.1 Å². The van der Waals surface area contributed by atoms with Gasteiger partial charge in [-0.3, -0.25) is 9.59 Å². The van der Waals surface area contributed by atoms with Gasteiger partial charge in [0, 0.05) is 38.7 Å². The average molecular weight is 331 g/mol. The summed E-state index contributed by atoms with van der Waals surface area (Å²) in [5, 5.41) is 0.818. The van der Waals surface area contributed by atoms with Gasteiger partial charge in [-0.15, -0.1) is 0 Å². The predicted molar refractivity (Wildman–Crippen MR) is 87.0 cm³/mol. The lowest BCUT2D eigenvalue weighted by Gasteiger charge is -2.24. The molecule has 0 saturated carbocycles. The summed E-state index contributed by atoms with van der Waals surface area (Å²) in [5.74, 6) is -0.105. The van der Waals surface area contributed by atoms with Gasteiger partial charge in [-0.25, -0.2) is 0 Å². The lowest BCUT2D eigenvalue weighted by Crippen LogP contribution is -2.36. The molecule has 1 aromatic rings. The number of carbonyl (C=O) groups excluding carboxylic acids is 2. The van der Waals surface area contributed by atoms with Crippen LogP contribution in [0.25, 0.3) is 0 Å². The van der Waals surface area contributed by atoms with E-state index < -0.39 is 0 Å². The number of benzene rings is 1. The van der Waals surface area contributed by atoms with Crippen LogP contribution >= 0.6 is 23.2 Å². The molecule has 0 aliphatic carbocycles. The molecule has 0 heterocycles. The molecule has 0 aliphatic rings. The number of halogens is 2. The summed E-state index contributed by atoms with van der Waals surface area (Å²) in [6.07, 6.45) is 0.279. The van der Waals surface area contributed by atoms with Gasteiger partial charge < -0.3 is 9.80 Å². The smallest absolute Gasteiger partial charge is 0.224 e. The van der Waals surface area contributed by atoms with Crippen LogP contribution in [0.2, 0.25) is 10.0 Å². The number of carbonyl (C=O) groups is 2. The molecule has 0 fully saturated rings. The molecule has 2 amide bonds. The molecule has 116 valence electrons. The molecule has 4 nitrogen and oxygen atoms in total. The number of anilines is 1. The number of hydrogen-bond acceptors (Lipinski definition) is 2. The molecule has 0 aromatic heterocycles. The topological polar surface area (TPSA) is 40.6 Å². The van der Waals surface area contributed by atoms with Crippen LogP contribution in [0.3, 0.4) is 0 Å². The van der Waals surface area contributed by atoms with Crippen LogP contribution in [0.1, 0.15) is 27.2 Å². The Kier molecular flexibility index (Phi) is 6.99. The lowest BCUT2D eigenvalue weighted by atomic mass is 10.2. The second kappa shape index (κ2) is 8.25. The molecule has 0 spiro atoms. The average Bonchev–Trinajstić information content (AvgIpc) is 2.43. The second-order valence-corrected chi connectivity index (χ2v) is 5.40. The first-order valence-corrected chi connectivity index (χ1v) is 7.67. The summed E-state index contributed by atoms with van der Waals surface area (Å²) < 4.78 is 0. The highest BCUT2D eigenvalue weighted by Crippen LogP contribution is 2.27. The molecule has 1 aromatic carbocycles. The Balaban J connectivity index is 2.81. The first-order chi connectivity index (χ1) is 9.90. The van der Waals surface area contributed by atoms with Crippen molar-refractivity contribution in [2.24, 2.45) is 0 Å². The largest absolute Gasteiger partial charge is 0.343 e. The van der Waals surface area contributed by atoms with Crippen molar-refractivity contribution < 1.29 is 9.59 Å². The zero-order valence-corrected chi connectivity index (χ0v) is 14.0. The molecule has 21 heavy (non-hydrogen) atoms. The third-order valence-electron chi connectivity index (χ3n) is 3.26. The quantitative estimate of drug-likeness (QED) is 0.799. The van der Waals surface area contributed by atoms with Gasteiger partial charge in [0.05, 0.1) is 10.0 Å². The van der Waals surface area contributed by atoms with Gasteiger partial charge in [0.15, 0.2) is 0 Å². The van der Waals surface area contributed by atoms with Crippen LogP contribution < -0.4 is 4.90 Å². The Labute approximate surface area is 135 Å². The van der Waals surface area contributed by atoms with Crippen LogP contribution in [0.4, 0.5) is 5.69 Å². The molecule has 0 bridgehead atoms. The number of nitrogens with zero attached hydrogens (tertiary/aromatic N) is 2. The maximum atomic E-state index is 12.0. The van der Waals surface area contributed by atoms with E-state index in [2.05, 4.69) is 0 Å². The summed E-state index contributed by atoms with van der Waals surface area (Å²) in [4.78, 5) is 27.1. The maximum Gasteiger partial charge on any atom is 0.224 e. The first-order valence-electron chi connectivity index (χ1n) is 6.91. The van der Waals surface area contributed by atoms with E-state index in [0.29, 0.717) is 35.4 Å². The number of rotatable bonds is 6. The minimum atomic E-state index is -0.138. The summed E-state index contributed by atoms with van der Waals surface area (Å²) in [5.41, 5.74) is 0.643. The Morgan fingerprint density at radius 2 is 1.71 bits per heavy atom. The number of hydrogen-bond donors (Lipinski definition) is 0. The van der Waals surface area contributed by atoms with Crippen LogP contribution in [0.5, 0.6) is 0 Å². The first kappa shape index (κ1) is 17.8. The molecular formula is C15H20Cl2N2O2. The van der Waals surface area contributed by atoms with Crippen molar-refractivity contribution in [1.29, 1.82) is 0 Å². The standard InChI is InChI=1S/C15H20Cl2N2O2/c1-4-18(5-2)15(21)8-9-19(11(3)20)12-6-7-13(16)14(17)10-12/h6-7,10H,4-5,8-9H2,1-3H3. The normalized spacial score (nSPS) is 10.3.